The zero-order valence-electron chi connectivity index (χ0n) is 20.6. The van der Waals surface area contributed by atoms with E-state index in [1.807, 2.05) is 25.1 Å². The lowest BCUT2D eigenvalue weighted by Crippen LogP contribution is -2.48. The zero-order chi connectivity index (χ0) is 25.7. The van der Waals surface area contributed by atoms with Gasteiger partial charge < -0.3 is 14.7 Å². The Bertz CT molecular complexity index is 1090. The van der Waals surface area contributed by atoms with Crippen LogP contribution in [-0.2, 0) is 11.2 Å². The smallest absolute Gasteiger partial charge is 0.321 e. The molecule has 36 heavy (non-hydrogen) atoms. The van der Waals surface area contributed by atoms with Crippen molar-refractivity contribution in [1.29, 1.82) is 5.26 Å². The molecule has 2 aromatic carbocycles. The van der Waals surface area contributed by atoms with Crippen LogP contribution in [0.3, 0.4) is 0 Å². The summed E-state index contributed by atoms with van der Waals surface area (Å²) in [5.41, 5.74) is 2.42. The van der Waals surface area contributed by atoms with Crippen LogP contribution in [-0.4, -0.2) is 65.7 Å². The molecule has 0 spiro atoms. The number of ether oxygens (including phenoxy) is 1. The van der Waals surface area contributed by atoms with Crippen LogP contribution in [0.25, 0.3) is 0 Å². The minimum absolute atomic E-state index is 0.178. The number of carboxylic acid groups (broad SMARTS) is 1. The molecule has 192 valence electrons. The van der Waals surface area contributed by atoms with Crippen LogP contribution < -0.4 is 4.74 Å². The van der Waals surface area contributed by atoms with Gasteiger partial charge in [0.1, 0.15) is 17.9 Å². The van der Waals surface area contributed by atoms with E-state index in [1.54, 1.807) is 18.2 Å². The van der Waals surface area contributed by atoms with Crippen molar-refractivity contribution < 1.29 is 14.6 Å². The summed E-state index contributed by atoms with van der Waals surface area (Å²) in [6.07, 6.45) is 4.61. The third-order valence-corrected chi connectivity index (χ3v) is 8.42. The standard InChI is InChI=1S/C28H33Cl2N3O3/c1-19-26(7-6-24(29)27(19)30)36-23-10-12-32(13-11-23)18-22-8-14-33(15-9-22)25(28(34)35)16-20-2-4-21(17-31)5-3-20/h2-7,22-23,25H,8-16,18H2,1H3,(H,34,35)/t25-/m0/s1. The van der Waals surface area contributed by atoms with Gasteiger partial charge in [-0.15, -0.1) is 0 Å². The quantitative estimate of drug-likeness (QED) is 0.491. The molecule has 2 saturated heterocycles. The van der Waals surface area contributed by atoms with Gasteiger partial charge in [0.15, 0.2) is 0 Å². The van der Waals surface area contributed by atoms with Crippen LogP contribution >= 0.6 is 23.2 Å². The second-order valence-electron chi connectivity index (χ2n) is 9.95. The van der Waals surface area contributed by atoms with Gasteiger partial charge in [-0.2, -0.15) is 5.26 Å². The molecule has 6 nitrogen and oxygen atoms in total. The van der Waals surface area contributed by atoms with E-state index in [9.17, 15) is 9.90 Å². The first-order valence-electron chi connectivity index (χ1n) is 12.6. The fraction of sp³-hybridized carbons (Fsp3) is 0.500. The Kier molecular flexibility index (Phi) is 9.14. The summed E-state index contributed by atoms with van der Waals surface area (Å²) in [7, 11) is 0. The molecule has 1 N–H and O–H groups in total. The molecule has 0 aliphatic carbocycles. The Morgan fingerprint density at radius 3 is 2.36 bits per heavy atom. The van der Waals surface area contributed by atoms with Crippen molar-refractivity contribution in [2.24, 2.45) is 5.92 Å². The molecule has 2 heterocycles. The van der Waals surface area contributed by atoms with E-state index in [1.165, 1.54) is 0 Å². The summed E-state index contributed by atoms with van der Waals surface area (Å²) < 4.78 is 6.24. The van der Waals surface area contributed by atoms with Gasteiger partial charge in [0.05, 0.1) is 21.7 Å². The first-order chi connectivity index (χ1) is 17.3. The summed E-state index contributed by atoms with van der Waals surface area (Å²) in [5.74, 6) is 0.613. The highest BCUT2D eigenvalue weighted by molar-refractivity contribution is 6.42. The van der Waals surface area contributed by atoms with Crippen LogP contribution in [0.2, 0.25) is 10.0 Å². The molecule has 4 rings (SSSR count). The molecule has 2 aliphatic heterocycles. The number of halogens is 2. The Balaban J connectivity index is 1.22. The van der Waals surface area contributed by atoms with Crippen LogP contribution in [0.15, 0.2) is 36.4 Å². The van der Waals surface area contributed by atoms with Gasteiger partial charge in [0.25, 0.3) is 0 Å². The highest BCUT2D eigenvalue weighted by Gasteiger charge is 2.31. The van der Waals surface area contributed by atoms with E-state index in [2.05, 4.69) is 15.9 Å². The second kappa shape index (κ2) is 12.3. The third kappa shape index (κ3) is 6.72. The Labute approximate surface area is 223 Å². The topological polar surface area (TPSA) is 76.8 Å². The summed E-state index contributed by atoms with van der Waals surface area (Å²) >= 11 is 12.4. The van der Waals surface area contributed by atoms with Crippen molar-refractivity contribution in [3.63, 3.8) is 0 Å². The van der Waals surface area contributed by atoms with Gasteiger partial charge in [-0.1, -0.05) is 35.3 Å². The third-order valence-electron chi connectivity index (χ3n) is 7.52. The molecule has 2 fully saturated rings. The molecule has 0 saturated carbocycles. The Morgan fingerprint density at radius 1 is 1.08 bits per heavy atom. The number of piperidine rings is 2. The molecule has 0 bridgehead atoms. The number of carbonyl (C=O) groups is 1. The first kappa shape index (κ1) is 26.8. The molecule has 8 heteroatoms. The Hall–Kier alpha value is -2.30. The van der Waals surface area contributed by atoms with Crippen molar-refractivity contribution in [3.8, 4) is 11.8 Å². The maximum Gasteiger partial charge on any atom is 0.321 e. The van der Waals surface area contributed by atoms with Gasteiger partial charge in [-0.05, 0) is 87.9 Å². The molecule has 0 aromatic heterocycles. The lowest BCUT2D eigenvalue weighted by molar-refractivity contribution is -0.144. The fourth-order valence-corrected chi connectivity index (χ4v) is 5.64. The van der Waals surface area contributed by atoms with E-state index in [4.69, 9.17) is 33.2 Å². The van der Waals surface area contributed by atoms with E-state index in [0.29, 0.717) is 27.9 Å². The number of likely N-dealkylation sites (tertiary alicyclic amines) is 2. The van der Waals surface area contributed by atoms with Crippen LogP contribution in [0, 0.1) is 24.2 Å². The lowest BCUT2D eigenvalue weighted by atomic mass is 9.93. The Morgan fingerprint density at radius 2 is 1.75 bits per heavy atom. The van der Waals surface area contributed by atoms with Gasteiger partial charge in [0, 0.05) is 25.2 Å². The van der Waals surface area contributed by atoms with Gasteiger partial charge in [-0.3, -0.25) is 9.69 Å². The molecule has 0 unspecified atom stereocenters. The first-order valence-corrected chi connectivity index (χ1v) is 13.4. The predicted octanol–water partition coefficient (Wildman–Crippen LogP) is 5.42. The maximum atomic E-state index is 12.0. The number of hydrogen-bond donors (Lipinski definition) is 1. The molecule has 2 aromatic rings. The van der Waals surface area contributed by atoms with E-state index in [0.717, 1.165) is 75.3 Å². The molecule has 0 radical (unpaired) electrons. The fourth-order valence-electron chi connectivity index (χ4n) is 5.27. The number of benzene rings is 2. The van der Waals surface area contributed by atoms with E-state index in [-0.39, 0.29) is 6.10 Å². The van der Waals surface area contributed by atoms with E-state index >= 15 is 0 Å². The van der Waals surface area contributed by atoms with Crippen molar-refractivity contribution in [3.05, 3.63) is 63.1 Å². The summed E-state index contributed by atoms with van der Waals surface area (Å²) in [6.45, 7) is 6.59. The molecule has 2 aliphatic rings. The van der Waals surface area contributed by atoms with Crippen molar-refractivity contribution in [2.45, 2.75) is 51.2 Å². The van der Waals surface area contributed by atoms with Crippen molar-refractivity contribution >= 4 is 29.2 Å². The van der Waals surface area contributed by atoms with Gasteiger partial charge >= 0.3 is 5.97 Å². The largest absolute Gasteiger partial charge is 0.490 e. The number of carboxylic acids is 1. The zero-order valence-corrected chi connectivity index (χ0v) is 22.1. The normalized spacial score (nSPS) is 19.1. The highest BCUT2D eigenvalue weighted by Crippen LogP contribution is 2.33. The minimum Gasteiger partial charge on any atom is -0.490 e. The summed E-state index contributed by atoms with van der Waals surface area (Å²) in [6, 6.07) is 12.5. The minimum atomic E-state index is -0.780. The van der Waals surface area contributed by atoms with Gasteiger partial charge in [-0.25, -0.2) is 0 Å². The maximum absolute atomic E-state index is 12.0. The second-order valence-corrected chi connectivity index (χ2v) is 10.7. The van der Waals surface area contributed by atoms with E-state index < -0.39 is 12.0 Å². The van der Waals surface area contributed by atoms with Crippen molar-refractivity contribution in [2.75, 3.05) is 32.7 Å². The average Bonchev–Trinajstić information content (AvgIpc) is 2.89. The van der Waals surface area contributed by atoms with Crippen molar-refractivity contribution in [1.82, 2.24) is 9.80 Å². The number of hydrogen-bond acceptors (Lipinski definition) is 5. The monoisotopic (exact) mass is 529 g/mol. The SMILES string of the molecule is Cc1c(OC2CCN(CC3CCN([C@@H](Cc4ccc(C#N)cc4)C(=O)O)CC3)CC2)ccc(Cl)c1Cl. The number of rotatable bonds is 8. The molecule has 1 atom stereocenters. The van der Waals surface area contributed by atoms with Crippen LogP contribution in [0.5, 0.6) is 5.75 Å². The highest BCUT2D eigenvalue weighted by atomic mass is 35.5. The molecular weight excluding hydrogens is 497 g/mol. The van der Waals surface area contributed by atoms with Crippen LogP contribution in [0.4, 0.5) is 0 Å². The number of nitriles is 1. The van der Waals surface area contributed by atoms with Gasteiger partial charge in [0.2, 0.25) is 0 Å². The number of nitrogens with zero attached hydrogens (tertiary/aromatic N) is 3. The number of aliphatic carboxylic acids is 1. The summed E-state index contributed by atoms with van der Waals surface area (Å²) in [5, 5.41) is 19.9. The lowest BCUT2D eigenvalue weighted by Gasteiger charge is -2.39. The van der Waals surface area contributed by atoms with Crippen LogP contribution in [0.1, 0.15) is 42.4 Å². The summed E-state index contributed by atoms with van der Waals surface area (Å²) in [4.78, 5) is 16.6. The predicted molar refractivity (Wildman–Crippen MR) is 142 cm³/mol. The molecular formula is C28H33Cl2N3O3. The average molecular weight is 530 g/mol. The molecule has 0 amide bonds.